The Hall–Kier alpha value is -2.46. The maximum Gasteiger partial charge on any atom is 0.573 e. The first-order valence-electron chi connectivity index (χ1n) is 3.96. The number of carbonyl (C=O) groups is 1. The third kappa shape index (κ3) is 3.02. The van der Waals surface area contributed by atoms with Crippen molar-refractivity contribution >= 4 is 11.7 Å². The lowest BCUT2D eigenvalue weighted by Gasteiger charge is -2.09. The second kappa shape index (κ2) is 4.43. The van der Waals surface area contributed by atoms with E-state index in [1.807, 2.05) is 0 Å². The molecule has 0 spiro atoms. The van der Waals surface area contributed by atoms with Crippen LogP contribution in [0.5, 0.6) is 5.75 Å². The molecule has 0 aliphatic rings. The van der Waals surface area contributed by atoms with Gasteiger partial charge in [0.25, 0.3) is 5.95 Å². The van der Waals surface area contributed by atoms with Gasteiger partial charge in [-0.15, -0.1) is 13.2 Å². The highest BCUT2D eigenvalue weighted by Gasteiger charge is 2.35. The van der Waals surface area contributed by atoms with E-state index in [1.165, 1.54) is 0 Å². The molecule has 0 amide bonds. The van der Waals surface area contributed by atoms with Crippen LogP contribution in [0.3, 0.4) is 0 Å². The first-order chi connectivity index (χ1) is 8.11. The summed E-state index contributed by atoms with van der Waals surface area (Å²) >= 11 is 0. The van der Waals surface area contributed by atoms with Crippen molar-refractivity contribution < 1.29 is 37.1 Å². The summed E-state index contributed by atoms with van der Waals surface area (Å²) in [4.78, 5) is 22.1. The van der Waals surface area contributed by atoms with E-state index in [-0.39, 0.29) is 6.07 Å². The van der Waals surface area contributed by atoms with E-state index < -0.39 is 40.3 Å². The molecule has 0 bridgehead atoms. The zero-order valence-electron chi connectivity index (χ0n) is 8.06. The monoisotopic (exact) mass is 270 g/mol. The molecule has 1 aromatic rings. The Kier molecular flexibility index (Phi) is 3.35. The molecule has 0 atom stereocenters. The van der Waals surface area contributed by atoms with Crippen molar-refractivity contribution in [2.24, 2.45) is 0 Å². The van der Waals surface area contributed by atoms with Crippen molar-refractivity contribution in [2.75, 3.05) is 0 Å². The summed E-state index contributed by atoms with van der Waals surface area (Å²) in [6.07, 6.45) is -5.29. The van der Waals surface area contributed by atoms with E-state index in [0.717, 1.165) is 0 Å². The molecule has 1 rings (SSSR count). The summed E-state index contributed by atoms with van der Waals surface area (Å²) in [5.74, 6) is -5.46. The lowest BCUT2D eigenvalue weighted by molar-refractivity contribution is -0.385. The Morgan fingerprint density at radius 3 is 2.44 bits per heavy atom. The van der Waals surface area contributed by atoms with Crippen LogP contribution in [0.2, 0.25) is 0 Å². The molecule has 98 valence electrons. The summed E-state index contributed by atoms with van der Waals surface area (Å²) < 4.78 is 51.5. The van der Waals surface area contributed by atoms with Crippen molar-refractivity contribution in [2.45, 2.75) is 6.36 Å². The van der Waals surface area contributed by atoms with Crippen LogP contribution < -0.4 is 4.74 Å². The van der Waals surface area contributed by atoms with Crippen molar-refractivity contribution in [1.29, 1.82) is 0 Å². The van der Waals surface area contributed by atoms with Crippen molar-refractivity contribution in [3.63, 3.8) is 0 Å². The molecule has 7 nitrogen and oxygen atoms in total. The number of aromatic carboxylic acids is 1. The first kappa shape index (κ1) is 13.6. The van der Waals surface area contributed by atoms with Crippen LogP contribution in [0.4, 0.5) is 23.2 Å². The standard InChI is InChI=1S/C7H2F4N2O5/c8-5-3(18-7(9,10)11)1-2(13(16)17)4(12-5)6(14)15/h1H,(H,14,15). The van der Waals surface area contributed by atoms with Gasteiger partial charge in [0.1, 0.15) is 0 Å². The van der Waals surface area contributed by atoms with Crippen LogP contribution in [0.1, 0.15) is 10.5 Å². The van der Waals surface area contributed by atoms with Crippen LogP contribution in [0, 0.1) is 16.1 Å². The Labute approximate surface area is 94.8 Å². The number of alkyl halides is 3. The van der Waals surface area contributed by atoms with Gasteiger partial charge in [-0.1, -0.05) is 0 Å². The maximum atomic E-state index is 13.0. The molecular formula is C7H2F4N2O5. The molecule has 1 aromatic heterocycles. The molecule has 0 aliphatic carbocycles. The Balaban J connectivity index is 3.36. The molecule has 0 aromatic carbocycles. The van der Waals surface area contributed by atoms with E-state index in [1.54, 1.807) is 0 Å². The number of hydrogen-bond donors (Lipinski definition) is 1. The van der Waals surface area contributed by atoms with E-state index in [0.29, 0.717) is 0 Å². The van der Waals surface area contributed by atoms with Gasteiger partial charge in [-0.2, -0.15) is 4.39 Å². The molecule has 0 saturated heterocycles. The predicted molar refractivity (Wildman–Crippen MR) is 44.5 cm³/mol. The Morgan fingerprint density at radius 1 is 1.50 bits per heavy atom. The Bertz CT molecular complexity index is 515. The maximum absolute atomic E-state index is 13.0. The minimum Gasteiger partial charge on any atom is -0.476 e. The van der Waals surface area contributed by atoms with Gasteiger partial charge in [0.15, 0.2) is 5.75 Å². The number of carboxylic acid groups (broad SMARTS) is 1. The lowest BCUT2D eigenvalue weighted by atomic mass is 10.3. The van der Waals surface area contributed by atoms with Crippen molar-refractivity contribution in [3.8, 4) is 5.75 Å². The van der Waals surface area contributed by atoms with Gasteiger partial charge in [-0.05, 0) is 0 Å². The predicted octanol–water partition coefficient (Wildman–Crippen LogP) is 1.73. The van der Waals surface area contributed by atoms with Gasteiger partial charge in [-0.25, -0.2) is 9.78 Å². The largest absolute Gasteiger partial charge is 0.573 e. The molecule has 0 unspecified atom stereocenters. The van der Waals surface area contributed by atoms with E-state index in [9.17, 15) is 32.5 Å². The average molecular weight is 270 g/mol. The highest BCUT2D eigenvalue weighted by molar-refractivity contribution is 5.90. The SMILES string of the molecule is O=C(O)c1nc(F)c(OC(F)(F)F)cc1[N+](=O)[O-]. The third-order valence-corrected chi connectivity index (χ3v) is 1.55. The fourth-order valence-electron chi connectivity index (χ4n) is 0.955. The number of pyridine rings is 1. The molecule has 18 heavy (non-hydrogen) atoms. The fraction of sp³-hybridized carbons (Fsp3) is 0.143. The van der Waals surface area contributed by atoms with E-state index >= 15 is 0 Å². The van der Waals surface area contributed by atoms with Crippen LogP contribution >= 0.6 is 0 Å². The highest BCUT2D eigenvalue weighted by Crippen LogP contribution is 2.29. The number of halogens is 4. The highest BCUT2D eigenvalue weighted by atomic mass is 19.4. The third-order valence-electron chi connectivity index (χ3n) is 1.55. The van der Waals surface area contributed by atoms with Gasteiger partial charge in [0.05, 0.1) is 11.0 Å². The van der Waals surface area contributed by atoms with Crippen molar-refractivity contribution in [3.05, 3.63) is 27.8 Å². The minimum atomic E-state index is -5.29. The summed E-state index contributed by atoms with van der Waals surface area (Å²) in [6, 6.07) is -0.000718. The van der Waals surface area contributed by atoms with Gasteiger partial charge in [-0.3, -0.25) is 10.1 Å². The summed E-state index contributed by atoms with van der Waals surface area (Å²) in [5.41, 5.74) is -2.64. The number of nitro groups is 1. The summed E-state index contributed by atoms with van der Waals surface area (Å²) in [7, 11) is 0. The molecular weight excluding hydrogens is 268 g/mol. The number of aromatic nitrogens is 1. The van der Waals surface area contributed by atoms with Gasteiger partial charge >= 0.3 is 18.0 Å². The quantitative estimate of drug-likeness (QED) is 0.388. The summed E-state index contributed by atoms with van der Waals surface area (Å²) in [5, 5.41) is 18.9. The number of carboxylic acids is 1. The van der Waals surface area contributed by atoms with E-state index in [2.05, 4.69) is 9.72 Å². The fourth-order valence-corrected chi connectivity index (χ4v) is 0.955. The number of ether oxygens (including phenoxy) is 1. The molecule has 1 heterocycles. The van der Waals surface area contributed by atoms with Crippen LogP contribution in [0.15, 0.2) is 6.07 Å². The average Bonchev–Trinajstić information content (AvgIpc) is 2.17. The molecule has 0 radical (unpaired) electrons. The molecule has 0 saturated carbocycles. The number of rotatable bonds is 3. The first-order valence-corrected chi connectivity index (χ1v) is 3.96. The van der Waals surface area contributed by atoms with Gasteiger partial charge in [0, 0.05) is 0 Å². The zero-order valence-corrected chi connectivity index (χ0v) is 8.06. The molecule has 1 N–H and O–H groups in total. The Morgan fingerprint density at radius 2 is 2.06 bits per heavy atom. The van der Waals surface area contributed by atoms with Crippen LogP contribution in [-0.4, -0.2) is 27.3 Å². The molecule has 11 heteroatoms. The molecule has 0 aliphatic heterocycles. The topological polar surface area (TPSA) is 103 Å². The van der Waals surface area contributed by atoms with Crippen LogP contribution in [0.25, 0.3) is 0 Å². The minimum absolute atomic E-state index is 0.000718. The van der Waals surface area contributed by atoms with E-state index in [4.69, 9.17) is 5.11 Å². The van der Waals surface area contributed by atoms with Gasteiger partial charge in [0.2, 0.25) is 5.69 Å². The smallest absolute Gasteiger partial charge is 0.476 e. The zero-order chi connectivity index (χ0) is 14.1. The number of nitrogens with zero attached hydrogens (tertiary/aromatic N) is 2. The van der Waals surface area contributed by atoms with Crippen LogP contribution in [-0.2, 0) is 0 Å². The van der Waals surface area contributed by atoms with Crippen molar-refractivity contribution in [1.82, 2.24) is 4.98 Å². The van der Waals surface area contributed by atoms with Gasteiger partial charge < -0.3 is 9.84 Å². The summed E-state index contributed by atoms with van der Waals surface area (Å²) in [6.45, 7) is 0. The second-order valence-corrected chi connectivity index (χ2v) is 2.76. The second-order valence-electron chi connectivity index (χ2n) is 2.76. The normalized spacial score (nSPS) is 11.1. The number of hydrogen-bond acceptors (Lipinski definition) is 5. The lowest BCUT2D eigenvalue weighted by Crippen LogP contribution is -2.19. The molecule has 0 fully saturated rings.